The highest BCUT2D eigenvalue weighted by Crippen LogP contribution is 2.30. The van der Waals surface area contributed by atoms with E-state index in [9.17, 15) is 19.5 Å². The van der Waals surface area contributed by atoms with Gasteiger partial charge in [0.1, 0.15) is 11.5 Å². The van der Waals surface area contributed by atoms with Gasteiger partial charge in [0.05, 0.1) is 37.5 Å². The zero-order chi connectivity index (χ0) is 34.6. The highest BCUT2D eigenvalue weighted by Gasteiger charge is 2.31. The Balaban J connectivity index is 1.56. The number of likely N-dealkylation sites (N-methyl/N-ethyl adjacent to an activating group) is 1. The second kappa shape index (κ2) is 18.1. The van der Waals surface area contributed by atoms with E-state index in [2.05, 4.69) is 10.6 Å². The van der Waals surface area contributed by atoms with Crippen molar-refractivity contribution in [3.8, 4) is 11.5 Å². The third kappa shape index (κ3) is 10.3. The van der Waals surface area contributed by atoms with Crippen LogP contribution in [0.5, 0.6) is 11.5 Å². The predicted molar refractivity (Wildman–Crippen MR) is 187 cm³/mol. The fraction of sp³-hybridized carbons (Fsp3) is 0.595. The number of benzene rings is 2. The number of nitrogens with zero attached hydrogens (tertiary/aromatic N) is 2. The largest absolute Gasteiger partial charge is 0.497 e. The summed E-state index contributed by atoms with van der Waals surface area (Å²) < 4.78 is 17.9. The summed E-state index contributed by atoms with van der Waals surface area (Å²) in [5.41, 5.74) is 1.53. The molecule has 4 atom stereocenters. The maximum Gasteiger partial charge on any atom is 0.321 e. The summed E-state index contributed by atoms with van der Waals surface area (Å²) in [4.78, 5) is 43.8. The van der Waals surface area contributed by atoms with Gasteiger partial charge in [-0.1, -0.05) is 26.2 Å². The van der Waals surface area contributed by atoms with Gasteiger partial charge < -0.3 is 39.8 Å². The topological polar surface area (TPSA) is 130 Å². The Hall–Kier alpha value is -3.83. The minimum absolute atomic E-state index is 0.0216. The molecule has 1 saturated carbocycles. The van der Waals surface area contributed by atoms with Crippen LogP contribution in [0.25, 0.3) is 0 Å². The van der Waals surface area contributed by atoms with Gasteiger partial charge in [-0.25, -0.2) is 4.79 Å². The number of methoxy groups -OCH3 is 1. The first-order chi connectivity index (χ1) is 23.1. The van der Waals surface area contributed by atoms with Crippen LogP contribution in [0.15, 0.2) is 42.5 Å². The third-order valence-corrected chi connectivity index (χ3v) is 9.44. The fourth-order valence-corrected chi connectivity index (χ4v) is 6.32. The zero-order valence-electron chi connectivity index (χ0n) is 29.2. The monoisotopic (exact) mass is 666 g/mol. The van der Waals surface area contributed by atoms with Crippen molar-refractivity contribution >= 4 is 29.2 Å². The van der Waals surface area contributed by atoms with Crippen molar-refractivity contribution in [2.45, 2.75) is 90.4 Å². The Morgan fingerprint density at radius 2 is 1.69 bits per heavy atom. The van der Waals surface area contributed by atoms with Crippen molar-refractivity contribution in [3.05, 3.63) is 48.0 Å². The number of fused-ring (bicyclic) bond motifs is 1. The molecule has 0 bridgehead atoms. The van der Waals surface area contributed by atoms with Gasteiger partial charge in [-0.2, -0.15) is 0 Å². The Kier molecular flexibility index (Phi) is 13.9. The van der Waals surface area contributed by atoms with E-state index in [4.69, 9.17) is 14.2 Å². The number of hydrogen-bond acceptors (Lipinski definition) is 7. The molecule has 0 spiro atoms. The molecule has 1 fully saturated rings. The van der Waals surface area contributed by atoms with Crippen LogP contribution in [0.2, 0.25) is 0 Å². The number of carbonyl (C=O) groups is 3. The van der Waals surface area contributed by atoms with Gasteiger partial charge in [-0.15, -0.1) is 0 Å². The van der Waals surface area contributed by atoms with Crippen molar-refractivity contribution in [2.75, 3.05) is 51.1 Å². The smallest absolute Gasteiger partial charge is 0.321 e. The summed E-state index contributed by atoms with van der Waals surface area (Å²) in [5.74, 6) is 0.598. The first-order valence-corrected chi connectivity index (χ1v) is 17.4. The van der Waals surface area contributed by atoms with E-state index in [1.807, 2.05) is 13.8 Å². The van der Waals surface area contributed by atoms with E-state index in [1.54, 1.807) is 73.3 Å². The molecule has 2 aliphatic rings. The van der Waals surface area contributed by atoms with E-state index in [0.717, 1.165) is 51.4 Å². The molecule has 0 radical (unpaired) electrons. The molecule has 11 nitrogen and oxygen atoms in total. The molecular weight excluding hydrogens is 612 g/mol. The number of ether oxygens (including phenoxy) is 3. The van der Waals surface area contributed by atoms with Crippen LogP contribution in [0.3, 0.4) is 0 Å². The number of rotatable bonds is 8. The summed E-state index contributed by atoms with van der Waals surface area (Å²) in [6.07, 6.45) is 6.90. The molecule has 0 saturated heterocycles. The maximum atomic E-state index is 14.4. The lowest BCUT2D eigenvalue weighted by Crippen LogP contribution is -2.48. The number of nitrogens with one attached hydrogen (secondary N) is 2. The lowest BCUT2D eigenvalue weighted by atomic mass is 9.88. The molecule has 4 rings (SSSR count). The van der Waals surface area contributed by atoms with Crippen LogP contribution in [0.4, 0.5) is 16.2 Å². The summed E-state index contributed by atoms with van der Waals surface area (Å²) in [5, 5.41) is 16.2. The first-order valence-electron chi connectivity index (χ1n) is 17.4. The Bertz CT molecular complexity index is 1350. The van der Waals surface area contributed by atoms with Crippen LogP contribution < -0.4 is 20.1 Å². The molecule has 264 valence electrons. The number of aliphatic hydroxyl groups excluding tert-OH is 1. The first kappa shape index (κ1) is 37.0. The van der Waals surface area contributed by atoms with Crippen LogP contribution in [0, 0.1) is 11.8 Å². The van der Waals surface area contributed by atoms with Gasteiger partial charge in [0.25, 0.3) is 5.91 Å². The predicted octanol–water partition coefficient (Wildman–Crippen LogP) is 6.17. The van der Waals surface area contributed by atoms with Crippen molar-refractivity contribution in [1.82, 2.24) is 9.80 Å². The average molecular weight is 667 g/mol. The summed E-state index contributed by atoms with van der Waals surface area (Å²) in [6.45, 7) is 6.61. The van der Waals surface area contributed by atoms with E-state index in [1.165, 1.54) is 0 Å². The van der Waals surface area contributed by atoms with Crippen LogP contribution >= 0.6 is 0 Å². The SMILES string of the molecule is COc1ccc(NC(=O)N(C)C[C@@H]2OCCCC[C@H](C)Oc3ccc(NC(=O)C4CCCCC4)cc3C(=O)N([C@@H](C)CO)C[C@@H]2C)cc1. The summed E-state index contributed by atoms with van der Waals surface area (Å²) in [7, 11) is 3.31. The minimum atomic E-state index is -0.504. The second-order valence-electron chi connectivity index (χ2n) is 13.4. The van der Waals surface area contributed by atoms with Crippen molar-refractivity contribution < 1.29 is 33.7 Å². The van der Waals surface area contributed by atoms with Crippen molar-refractivity contribution in [2.24, 2.45) is 11.8 Å². The van der Waals surface area contributed by atoms with E-state index in [-0.39, 0.29) is 55.0 Å². The Labute approximate surface area is 285 Å². The molecule has 48 heavy (non-hydrogen) atoms. The fourth-order valence-electron chi connectivity index (χ4n) is 6.32. The lowest BCUT2D eigenvalue weighted by Gasteiger charge is -2.35. The highest BCUT2D eigenvalue weighted by atomic mass is 16.5. The Morgan fingerprint density at radius 3 is 2.38 bits per heavy atom. The molecule has 1 aliphatic carbocycles. The van der Waals surface area contributed by atoms with E-state index >= 15 is 0 Å². The summed E-state index contributed by atoms with van der Waals surface area (Å²) >= 11 is 0. The van der Waals surface area contributed by atoms with E-state index < -0.39 is 6.04 Å². The number of aliphatic hydroxyl groups is 1. The number of carbonyl (C=O) groups excluding carboxylic acids is 3. The van der Waals surface area contributed by atoms with Crippen LogP contribution in [0.1, 0.15) is 82.5 Å². The van der Waals surface area contributed by atoms with Gasteiger partial charge >= 0.3 is 6.03 Å². The van der Waals surface area contributed by atoms with Gasteiger partial charge in [0.2, 0.25) is 5.91 Å². The molecule has 0 aromatic heterocycles. The van der Waals surface area contributed by atoms with Gasteiger partial charge in [0.15, 0.2) is 0 Å². The third-order valence-electron chi connectivity index (χ3n) is 9.44. The number of hydrogen-bond donors (Lipinski definition) is 3. The minimum Gasteiger partial charge on any atom is -0.497 e. The normalized spacial score (nSPS) is 22.0. The molecule has 11 heteroatoms. The van der Waals surface area contributed by atoms with Crippen molar-refractivity contribution in [1.29, 1.82) is 0 Å². The molecular formula is C37H54N4O7. The molecule has 1 heterocycles. The second-order valence-corrected chi connectivity index (χ2v) is 13.4. The summed E-state index contributed by atoms with van der Waals surface area (Å²) in [6, 6.07) is 11.6. The average Bonchev–Trinajstić information content (AvgIpc) is 3.10. The highest BCUT2D eigenvalue weighted by molar-refractivity contribution is 6.00. The molecule has 2 aromatic rings. The standard InChI is InChI=1S/C37H54N4O7/c1-25-22-41(26(2)24-42)36(44)32-21-30(38-35(43)28-12-7-6-8-13-28)16-19-33(32)48-27(3)11-9-10-20-47-34(25)23-40(4)37(45)39-29-14-17-31(46-5)18-15-29/h14-19,21,25-28,34,42H,6-13,20,22-24H2,1-5H3,(H,38,43)(H,39,45)/t25-,26-,27-,34-/m0/s1. The van der Waals surface area contributed by atoms with Crippen LogP contribution in [-0.4, -0.2) is 91.5 Å². The van der Waals surface area contributed by atoms with Gasteiger partial charge in [-0.05, 0) is 88.4 Å². The number of anilines is 2. The lowest BCUT2D eigenvalue weighted by molar-refractivity contribution is -0.120. The maximum absolute atomic E-state index is 14.4. The molecule has 1 aliphatic heterocycles. The van der Waals surface area contributed by atoms with Gasteiger partial charge in [-0.3, -0.25) is 9.59 Å². The van der Waals surface area contributed by atoms with Crippen molar-refractivity contribution in [3.63, 3.8) is 0 Å². The van der Waals surface area contributed by atoms with E-state index in [0.29, 0.717) is 41.6 Å². The number of amides is 4. The zero-order valence-corrected chi connectivity index (χ0v) is 29.2. The van der Waals surface area contributed by atoms with Gasteiger partial charge in [0, 0.05) is 50.0 Å². The van der Waals surface area contributed by atoms with Crippen LogP contribution in [-0.2, 0) is 9.53 Å². The molecule has 3 N–H and O–H groups in total. The Morgan fingerprint density at radius 1 is 1.00 bits per heavy atom. The molecule has 0 unspecified atom stereocenters. The quantitative estimate of drug-likeness (QED) is 0.307. The molecule has 4 amide bonds. The molecule has 2 aromatic carbocycles. The number of urea groups is 1.